The molecule has 0 heterocycles. The number of nitrogens with zero attached hydrogens (tertiary/aromatic N) is 1. The maximum atomic E-state index is 11.2. The summed E-state index contributed by atoms with van der Waals surface area (Å²) in [6.07, 6.45) is 1.50. The van der Waals surface area contributed by atoms with Gasteiger partial charge in [0.05, 0.1) is 17.3 Å². The van der Waals surface area contributed by atoms with E-state index in [0.29, 0.717) is 16.8 Å². The van der Waals surface area contributed by atoms with Crippen LogP contribution < -0.4 is 10.2 Å². The second-order valence-corrected chi connectivity index (χ2v) is 4.56. The second kappa shape index (κ2) is 8.31. The molecule has 0 aromatic heterocycles. The second-order valence-electron chi connectivity index (χ2n) is 3.71. The topological polar surface area (TPSA) is 77.0 Å². The van der Waals surface area contributed by atoms with Crippen molar-refractivity contribution >= 4 is 34.0 Å². The van der Waals surface area contributed by atoms with E-state index < -0.39 is 5.97 Å². The van der Waals surface area contributed by atoms with Gasteiger partial charge in [0.2, 0.25) is 5.91 Å². The minimum Gasteiger partial charge on any atom is -0.481 e. The molecule has 1 aromatic carbocycles. The molecule has 0 radical (unpaired) electrons. The summed E-state index contributed by atoms with van der Waals surface area (Å²) >= 11 is 3.33. The first kappa shape index (κ1) is 16.2. The predicted octanol–water partition coefficient (Wildman–Crippen LogP) is 1.86. The van der Waals surface area contributed by atoms with Crippen LogP contribution in [0.15, 0.2) is 27.8 Å². The SMILES string of the molecule is CCOC(=O)COc1ccc(/C=N\NC(C)=O)cc1Br. The molecule has 0 aliphatic rings. The van der Waals surface area contributed by atoms with Crippen LogP contribution in [0.3, 0.4) is 0 Å². The first-order chi connectivity index (χ1) is 9.52. The van der Waals surface area contributed by atoms with Gasteiger partial charge in [-0.05, 0) is 46.6 Å². The third-order valence-corrected chi connectivity index (χ3v) is 2.66. The van der Waals surface area contributed by atoms with Gasteiger partial charge in [0, 0.05) is 6.92 Å². The quantitative estimate of drug-likeness (QED) is 0.486. The molecule has 1 N–H and O–H groups in total. The summed E-state index contributed by atoms with van der Waals surface area (Å²) in [5.74, 6) is -0.139. The summed E-state index contributed by atoms with van der Waals surface area (Å²) in [6, 6.07) is 5.20. The standard InChI is InChI=1S/C13H15BrN2O4/c1-3-19-13(18)8-20-12-5-4-10(6-11(12)14)7-15-16-9(2)17/h4-7H,3,8H2,1-2H3,(H,16,17)/b15-7-. The Kier molecular flexibility index (Phi) is 6.72. The van der Waals surface area contributed by atoms with Gasteiger partial charge in [0.25, 0.3) is 0 Å². The molecule has 0 saturated carbocycles. The number of hydrogen-bond acceptors (Lipinski definition) is 5. The van der Waals surface area contributed by atoms with E-state index >= 15 is 0 Å². The van der Waals surface area contributed by atoms with Crippen molar-refractivity contribution in [2.24, 2.45) is 5.10 Å². The summed E-state index contributed by atoms with van der Waals surface area (Å²) in [5, 5.41) is 3.75. The molecule has 0 spiro atoms. The molecule has 0 atom stereocenters. The lowest BCUT2D eigenvalue weighted by Gasteiger charge is -2.08. The number of carbonyl (C=O) groups excluding carboxylic acids is 2. The highest BCUT2D eigenvalue weighted by Crippen LogP contribution is 2.25. The third kappa shape index (κ3) is 5.83. The zero-order valence-electron chi connectivity index (χ0n) is 11.2. The lowest BCUT2D eigenvalue weighted by atomic mass is 10.2. The smallest absolute Gasteiger partial charge is 0.344 e. The van der Waals surface area contributed by atoms with Gasteiger partial charge in [0.1, 0.15) is 5.75 Å². The van der Waals surface area contributed by atoms with Crippen LogP contribution in [0.1, 0.15) is 19.4 Å². The van der Waals surface area contributed by atoms with E-state index in [1.807, 2.05) is 0 Å². The zero-order valence-corrected chi connectivity index (χ0v) is 12.8. The van der Waals surface area contributed by atoms with E-state index in [1.165, 1.54) is 13.1 Å². The molecule has 0 bridgehead atoms. The van der Waals surface area contributed by atoms with Crippen LogP contribution in [-0.2, 0) is 14.3 Å². The molecular formula is C13H15BrN2O4. The number of amides is 1. The largest absolute Gasteiger partial charge is 0.481 e. The van der Waals surface area contributed by atoms with Gasteiger partial charge in [0.15, 0.2) is 6.61 Å². The van der Waals surface area contributed by atoms with Gasteiger partial charge in [-0.1, -0.05) is 0 Å². The Labute approximate surface area is 125 Å². The maximum Gasteiger partial charge on any atom is 0.344 e. The Morgan fingerprint density at radius 3 is 2.80 bits per heavy atom. The fourth-order valence-electron chi connectivity index (χ4n) is 1.25. The predicted molar refractivity (Wildman–Crippen MR) is 77.7 cm³/mol. The van der Waals surface area contributed by atoms with E-state index in [-0.39, 0.29) is 12.5 Å². The first-order valence-corrected chi connectivity index (χ1v) is 6.70. The van der Waals surface area contributed by atoms with Gasteiger partial charge in [-0.15, -0.1) is 0 Å². The van der Waals surface area contributed by atoms with Gasteiger partial charge in [-0.2, -0.15) is 5.10 Å². The Hall–Kier alpha value is -1.89. The fourth-order valence-corrected chi connectivity index (χ4v) is 1.76. The fraction of sp³-hybridized carbons (Fsp3) is 0.308. The van der Waals surface area contributed by atoms with E-state index in [2.05, 4.69) is 26.5 Å². The van der Waals surface area contributed by atoms with Crippen LogP contribution in [-0.4, -0.2) is 31.3 Å². The van der Waals surface area contributed by atoms with Gasteiger partial charge >= 0.3 is 5.97 Å². The van der Waals surface area contributed by atoms with Crippen LogP contribution in [0.25, 0.3) is 0 Å². The lowest BCUT2D eigenvalue weighted by Crippen LogP contribution is -2.14. The number of rotatable bonds is 6. The van der Waals surface area contributed by atoms with Crippen molar-refractivity contribution < 1.29 is 19.1 Å². The average Bonchev–Trinajstić information content (AvgIpc) is 2.37. The highest BCUT2D eigenvalue weighted by atomic mass is 79.9. The monoisotopic (exact) mass is 342 g/mol. The number of hydrazone groups is 1. The number of benzene rings is 1. The number of halogens is 1. The van der Waals surface area contributed by atoms with Crippen LogP contribution in [0.2, 0.25) is 0 Å². The minimum atomic E-state index is -0.421. The number of nitrogens with one attached hydrogen (secondary N) is 1. The van der Waals surface area contributed by atoms with Crippen LogP contribution in [0.4, 0.5) is 0 Å². The molecule has 6 nitrogen and oxygen atoms in total. The van der Waals surface area contributed by atoms with Gasteiger partial charge < -0.3 is 9.47 Å². The zero-order chi connectivity index (χ0) is 15.0. The molecule has 0 aliphatic heterocycles. The Balaban J connectivity index is 2.61. The lowest BCUT2D eigenvalue weighted by molar-refractivity contribution is -0.145. The van der Waals surface area contributed by atoms with E-state index in [4.69, 9.17) is 9.47 Å². The molecule has 0 unspecified atom stereocenters. The molecule has 20 heavy (non-hydrogen) atoms. The third-order valence-electron chi connectivity index (χ3n) is 2.04. The molecule has 108 valence electrons. The van der Waals surface area contributed by atoms with Crippen LogP contribution in [0.5, 0.6) is 5.75 Å². The Bertz CT molecular complexity index is 517. The van der Waals surface area contributed by atoms with Crippen molar-refractivity contribution in [3.8, 4) is 5.75 Å². The number of ether oxygens (including phenoxy) is 2. The van der Waals surface area contributed by atoms with Gasteiger partial charge in [-0.25, -0.2) is 10.2 Å². The Morgan fingerprint density at radius 2 is 2.20 bits per heavy atom. The molecule has 7 heteroatoms. The van der Waals surface area contributed by atoms with Crippen LogP contribution >= 0.6 is 15.9 Å². The van der Waals surface area contributed by atoms with E-state index in [0.717, 1.165) is 5.56 Å². The molecule has 0 fully saturated rings. The molecule has 0 aliphatic carbocycles. The first-order valence-electron chi connectivity index (χ1n) is 5.90. The summed E-state index contributed by atoms with van der Waals surface area (Å²) in [5.41, 5.74) is 3.08. The molecular weight excluding hydrogens is 328 g/mol. The minimum absolute atomic E-state index is 0.147. The van der Waals surface area contributed by atoms with Crippen molar-refractivity contribution in [1.82, 2.24) is 5.43 Å². The van der Waals surface area contributed by atoms with Crippen molar-refractivity contribution in [2.75, 3.05) is 13.2 Å². The maximum absolute atomic E-state index is 11.2. The van der Waals surface area contributed by atoms with Crippen molar-refractivity contribution in [1.29, 1.82) is 0 Å². The van der Waals surface area contributed by atoms with Crippen molar-refractivity contribution in [3.63, 3.8) is 0 Å². The van der Waals surface area contributed by atoms with Gasteiger partial charge in [-0.3, -0.25) is 4.79 Å². The number of carbonyl (C=O) groups is 2. The highest BCUT2D eigenvalue weighted by Gasteiger charge is 2.06. The summed E-state index contributed by atoms with van der Waals surface area (Å²) in [4.78, 5) is 21.8. The average molecular weight is 343 g/mol. The normalized spacial score (nSPS) is 10.3. The van der Waals surface area contributed by atoms with E-state index in [1.54, 1.807) is 25.1 Å². The Morgan fingerprint density at radius 1 is 1.45 bits per heavy atom. The van der Waals surface area contributed by atoms with Crippen molar-refractivity contribution in [3.05, 3.63) is 28.2 Å². The molecule has 1 amide bonds. The van der Waals surface area contributed by atoms with Crippen LogP contribution in [0, 0.1) is 0 Å². The number of esters is 1. The summed E-state index contributed by atoms with van der Waals surface area (Å²) in [7, 11) is 0. The molecule has 1 rings (SSSR count). The van der Waals surface area contributed by atoms with Crippen molar-refractivity contribution in [2.45, 2.75) is 13.8 Å². The molecule has 1 aromatic rings. The highest BCUT2D eigenvalue weighted by molar-refractivity contribution is 9.10. The molecule has 0 saturated heterocycles. The number of hydrogen-bond donors (Lipinski definition) is 1. The van der Waals surface area contributed by atoms with E-state index in [9.17, 15) is 9.59 Å². The summed E-state index contributed by atoms with van der Waals surface area (Å²) in [6.45, 7) is 3.28. The summed E-state index contributed by atoms with van der Waals surface area (Å²) < 4.78 is 10.7.